The molecule has 106 valence electrons. The summed E-state index contributed by atoms with van der Waals surface area (Å²) in [6.45, 7) is 0.972. The number of hydrogen-bond acceptors (Lipinski definition) is 5. The van der Waals surface area contributed by atoms with Gasteiger partial charge in [-0.3, -0.25) is 4.79 Å². The summed E-state index contributed by atoms with van der Waals surface area (Å²) in [5.74, 6) is -0.0806. The molecule has 5 nitrogen and oxygen atoms in total. The minimum atomic E-state index is -0.0806. The van der Waals surface area contributed by atoms with Gasteiger partial charge in [-0.15, -0.1) is 0 Å². The van der Waals surface area contributed by atoms with Gasteiger partial charge in [0.05, 0.1) is 27.5 Å². The molecule has 2 heterocycles. The van der Waals surface area contributed by atoms with Gasteiger partial charge in [-0.25, -0.2) is 0 Å². The zero-order valence-corrected chi connectivity index (χ0v) is 12.8. The molecule has 0 saturated carbocycles. The molecular weight excluding hydrogens is 319 g/mol. The molecular formula is C12H12Cl2N4OS. The quantitative estimate of drug-likeness (QED) is 0.907. The summed E-state index contributed by atoms with van der Waals surface area (Å²) in [6.07, 6.45) is 2.56. The molecule has 0 radical (unpaired) electrons. The van der Waals surface area contributed by atoms with Crippen LogP contribution in [0.4, 0.5) is 5.69 Å². The Hall–Kier alpha value is -0.950. The van der Waals surface area contributed by atoms with E-state index >= 15 is 0 Å². The van der Waals surface area contributed by atoms with Crippen molar-refractivity contribution in [3.63, 3.8) is 0 Å². The summed E-state index contributed by atoms with van der Waals surface area (Å²) in [7, 11) is 0. The first-order valence-corrected chi connectivity index (χ1v) is 7.77. The summed E-state index contributed by atoms with van der Waals surface area (Å²) in [6, 6.07) is 1.82. The van der Waals surface area contributed by atoms with Crippen LogP contribution in [0.3, 0.4) is 0 Å². The van der Waals surface area contributed by atoms with Gasteiger partial charge in [-0.05, 0) is 25.5 Å². The van der Waals surface area contributed by atoms with Gasteiger partial charge in [0.2, 0.25) is 5.91 Å². The van der Waals surface area contributed by atoms with E-state index in [1.807, 2.05) is 0 Å². The standard InChI is InChI=1S/C12H12Cl2N4OS/c13-7-5-8(14)11-12(18-20-17-11)10(7)16-9(19)4-6-2-1-3-15-6/h5-6,15H,1-4H2,(H,16,19). The zero-order valence-electron chi connectivity index (χ0n) is 10.4. The molecule has 0 aliphatic carbocycles. The fourth-order valence-corrected chi connectivity index (χ4v) is 3.50. The third-order valence-electron chi connectivity index (χ3n) is 3.30. The van der Waals surface area contributed by atoms with Crippen molar-refractivity contribution in [2.45, 2.75) is 25.3 Å². The molecule has 1 atom stereocenters. The van der Waals surface area contributed by atoms with Crippen molar-refractivity contribution in [3.8, 4) is 0 Å². The first-order chi connectivity index (χ1) is 9.65. The molecule has 20 heavy (non-hydrogen) atoms. The molecule has 1 fully saturated rings. The molecule has 0 spiro atoms. The van der Waals surface area contributed by atoms with Crippen LogP contribution in [0.25, 0.3) is 11.0 Å². The van der Waals surface area contributed by atoms with Crippen LogP contribution in [0.15, 0.2) is 6.07 Å². The molecule has 0 bridgehead atoms. The number of carbonyl (C=O) groups is 1. The first kappa shape index (κ1) is 14.0. The van der Waals surface area contributed by atoms with Crippen molar-refractivity contribution in [2.75, 3.05) is 11.9 Å². The number of rotatable bonds is 3. The largest absolute Gasteiger partial charge is 0.323 e. The highest BCUT2D eigenvalue weighted by atomic mass is 35.5. The summed E-state index contributed by atoms with van der Waals surface area (Å²) >= 11 is 13.2. The Morgan fingerprint density at radius 2 is 2.20 bits per heavy atom. The normalized spacial score (nSPS) is 18.6. The van der Waals surface area contributed by atoms with Gasteiger partial charge in [0.15, 0.2) is 0 Å². The maximum Gasteiger partial charge on any atom is 0.226 e. The third kappa shape index (κ3) is 2.74. The van der Waals surface area contributed by atoms with Crippen LogP contribution in [-0.4, -0.2) is 27.2 Å². The Morgan fingerprint density at radius 3 is 2.95 bits per heavy atom. The van der Waals surface area contributed by atoms with Crippen molar-refractivity contribution < 1.29 is 4.79 Å². The van der Waals surface area contributed by atoms with E-state index in [1.165, 1.54) is 0 Å². The summed E-state index contributed by atoms with van der Waals surface area (Å²) in [5.41, 5.74) is 1.60. The number of aromatic nitrogens is 2. The molecule has 1 amide bonds. The van der Waals surface area contributed by atoms with Gasteiger partial charge in [-0.1, -0.05) is 23.2 Å². The lowest BCUT2D eigenvalue weighted by Crippen LogP contribution is -2.27. The number of nitrogens with zero attached hydrogens (tertiary/aromatic N) is 2. The topological polar surface area (TPSA) is 66.9 Å². The number of halogens is 2. The molecule has 2 aromatic rings. The lowest BCUT2D eigenvalue weighted by molar-refractivity contribution is -0.116. The molecule has 3 rings (SSSR count). The Labute approximate surface area is 130 Å². The van der Waals surface area contributed by atoms with Crippen molar-refractivity contribution in [2.24, 2.45) is 0 Å². The number of nitrogens with one attached hydrogen (secondary N) is 2. The van der Waals surface area contributed by atoms with Crippen molar-refractivity contribution in [1.82, 2.24) is 14.1 Å². The van der Waals surface area contributed by atoms with Crippen molar-refractivity contribution >= 4 is 57.6 Å². The fourth-order valence-electron chi connectivity index (χ4n) is 2.34. The average Bonchev–Trinajstić information content (AvgIpc) is 3.04. The van der Waals surface area contributed by atoms with Crippen LogP contribution in [0, 0.1) is 0 Å². The fraction of sp³-hybridized carbons (Fsp3) is 0.417. The van der Waals surface area contributed by atoms with Gasteiger partial charge < -0.3 is 10.6 Å². The van der Waals surface area contributed by atoms with Crippen molar-refractivity contribution in [3.05, 3.63) is 16.1 Å². The first-order valence-electron chi connectivity index (χ1n) is 6.28. The molecule has 8 heteroatoms. The van der Waals surface area contributed by atoms with E-state index in [1.54, 1.807) is 6.07 Å². The molecule has 1 unspecified atom stereocenters. The highest BCUT2D eigenvalue weighted by Gasteiger charge is 2.20. The minimum absolute atomic E-state index is 0.0806. The van der Waals surface area contributed by atoms with Crippen molar-refractivity contribution in [1.29, 1.82) is 0 Å². The number of benzene rings is 1. The van der Waals surface area contributed by atoms with Gasteiger partial charge in [0, 0.05) is 12.5 Å². The Balaban J connectivity index is 1.83. The van der Waals surface area contributed by atoms with Crippen LogP contribution in [0.2, 0.25) is 10.0 Å². The van der Waals surface area contributed by atoms with E-state index < -0.39 is 0 Å². The summed E-state index contributed by atoms with van der Waals surface area (Å²) in [5, 5.41) is 6.93. The van der Waals surface area contributed by atoms with Crippen LogP contribution in [0.1, 0.15) is 19.3 Å². The van der Waals surface area contributed by atoms with Crippen LogP contribution >= 0.6 is 34.9 Å². The maximum absolute atomic E-state index is 12.1. The van der Waals surface area contributed by atoms with E-state index in [9.17, 15) is 4.79 Å². The second-order valence-corrected chi connectivity index (χ2v) is 6.07. The molecule has 1 saturated heterocycles. The van der Waals surface area contributed by atoms with E-state index in [0.29, 0.717) is 33.2 Å². The van der Waals surface area contributed by atoms with Crippen LogP contribution < -0.4 is 10.6 Å². The molecule has 1 aromatic heterocycles. The zero-order chi connectivity index (χ0) is 14.1. The van der Waals surface area contributed by atoms with Gasteiger partial charge in [-0.2, -0.15) is 8.75 Å². The monoisotopic (exact) mass is 330 g/mol. The van der Waals surface area contributed by atoms with E-state index in [4.69, 9.17) is 23.2 Å². The van der Waals surface area contributed by atoms with Gasteiger partial charge in [0.1, 0.15) is 11.0 Å². The smallest absolute Gasteiger partial charge is 0.226 e. The predicted molar refractivity (Wildman–Crippen MR) is 81.7 cm³/mol. The number of amides is 1. The van der Waals surface area contributed by atoms with Gasteiger partial charge in [0.25, 0.3) is 0 Å². The maximum atomic E-state index is 12.1. The number of anilines is 1. The molecule has 1 aliphatic rings. The predicted octanol–water partition coefficient (Wildman–Crippen LogP) is 3.08. The van der Waals surface area contributed by atoms with E-state index in [2.05, 4.69) is 19.4 Å². The van der Waals surface area contributed by atoms with E-state index in [0.717, 1.165) is 31.1 Å². The highest BCUT2D eigenvalue weighted by Crippen LogP contribution is 2.35. The summed E-state index contributed by atoms with van der Waals surface area (Å²) < 4.78 is 8.26. The highest BCUT2D eigenvalue weighted by molar-refractivity contribution is 7.00. The average molecular weight is 331 g/mol. The Morgan fingerprint density at radius 1 is 1.40 bits per heavy atom. The lowest BCUT2D eigenvalue weighted by atomic mass is 10.1. The molecule has 2 N–H and O–H groups in total. The van der Waals surface area contributed by atoms with Gasteiger partial charge >= 0.3 is 0 Å². The third-order valence-corrected chi connectivity index (χ3v) is 4.42. The Bertz CT molecular complexity index is 654. The number of carbonyl (C=O) groups excluding carboxylic acids is 1. The van der Waals surface area contributed by atoms with Crippen LogP contribution in [-0.2, 0) is 4.79 Å². The number of hydrogen-bond donors (Lipinski definition) is 2. The second kappa shape index (κ2) is 5.81. The van der Waals surface area contributed by atoms with Crippen LogP contribution in [0.5, 0.6) is 0 Å². The Kier molecular flexibility index (Phi) is 4.07. The lowest BCUT2D eigenvalue weighted by Gasteiger charge is -2.12. The SMILES string of the molecule is O=C(CC1CCCN1)Nc1c(Cl)cc(Cl)c2nsnc12. The summed E-state index contributed by atoms with van der Waals surface area (Å²) in [4.78, 5) is 12.1. The molecule has 1 aromatic carbocycles. The minimum Gasteiger partial charge on any atom is -0.323 e. The molecule has 1 aliphatic heterocycles. The van der Waals surface area contributed by atoms with E-state index in [-0.39, 0.29) is 11.9 Å². The second-order valence-electron chi connectivity index (χ2n) is 4.72. The number of fused-ring (bicyclic) bond motifs is 1.